The number of nitrogens with zero attached hydrogens (tertiary/aromatic N) is 3. The number of nitrogens with one attached hydrogen (secondary N) is 2. The Morgan fingerprint density at radius 3 is 2.40 bits per heavy atom. The summed E-state index contributed by atoms with van der Waals surface area (Å²) in [7, 11) is 1.35. The molecule has 0 spiro atoms. The first kappa shape index (κ1) is 29.8. The number of thiocarbonyl (C=S) groups is 1. The molecule has 0 atom stereocenters. The van der Waals surface area contributed by atoms with Crippen molar-refractivity contribution in [2.24, 2.45) is 15.3 Å². The van der Waals surface area contributed by atoms with Gasteiger partial charge in [0.15, 0.2) is 5.11 Å². The van der Waals surface area contributed by atoms with Crippen molar-refractivity contribution in [1.82, 2.24) is 5.43 Å². The predicted octanol–water partition coefficient (Wildman–Crippen LogP) is 3.17. The number of carbonyl (C=O) groups excluding carboxylic acids is 1. The number of ether oxygens (including phenoxy) is 1. The molecule has 3 aromatic rings. The van der Waals surface area contributed by atoms with Gasteiger partial charge in [0.1, 0.15) is 5.75 Å². The minimum absolute atomic E-state index is 0. The molecule has 0 aliphatic carbocycles. The summed E-state index contributed by atoms with van der Waals surface area (Å²) >= 11 is 5.20. The van der Waals surface area contributed by atoms with Crippen LogP contribution in [0.4, 0.5) is 17.1 Å². The van der Waals surface area contributed by atoms with Crippen LogP contribution in [0, 0.1) is 6.92 Å². The number of methoxy groups -OCH3 is 1. The van der Waals surface area contributed by atoms with Crippen molar-refractivity contribution in [3.05, 3.63) is 77.4 Å². The van der Waals surface area contributed by atoms with E-state index in [0.717, 1.165) is 11.3 Å². The third kappa shape index (κ3) is 8.47. The topological polar surface area (TPSA) is 134 Å². The summed E-state index contributed by atoms with van der Waals surface area (Å²) in [5, 5.41) is 38.9. The van der Waals surface area contributed by atoms with E-state index in [1.807, 2.05) is 31.2 Å². The smallest absolute Gasteiger partial charge is 0.870 e. The number of benzene rings is 3. The summed E-state index contributed by atoms with van der Waals surface area (Å²) in [6, 6.07) is 16.5. The van der Waals surface area contributed by atoms with Crippen LogP contribution in [0.25, 0.3) is 0 Å². The Kier molecular flexibility index (Phi) is 12.1. The number of rotatable bonds is 7. The molecule has 0 radical (unpaired) electrons. The number of azo groups is 1. The Labute approximate surface area is 228 Å². The molecule has 3 aromatic carbocycles. The first-order valence-corrected chi connectivity index (χ1v) is 10.1. The molecule has 0 heterocycles. The molecule has 0 aromatic heterocycles. The SMILES string of the molecule is COc1cc(N=Nc2ccccc2C(=O)[O-])cc(/C=N/NC(=S)Nc2ccc(C)cc2)c1[O-].[Cu+].[Cu+]. The summed E-state index contributed by atoms with van der Waals surface area (Å²) in [6.45, 7) is 1.98. The van der Waals surface area contributed by atoms with Crippen LogP contribution in [0.15, 0.2) is 76.0 Å². The van der Waals surface area contributed by atoms with Crippen LogP contribution in [0.5, 0.6) is 11.5 Å². The number of anilines is 1. The fourth-order valence-corrected chi connectivity index (χ4v) is 2.89. The molecule has 9 nitrogen and oxygen atoms in total. The number of carboxylic acid groups (broad SMARTS) is 1. The maximum absolute atomic E-state index is 12.5. The van der Waals surface area contributed by atoms with Gasteiger partial charge in [-0.3, -0.25) is 5.43 Å². The number of aromatic carboxylic acids is 1. The monoisotopic (exact) mass is 587 g/mol. The average Bonchev–Trinajstić information content (AvgIpc) is 2.80. The minimum Gasteiger partial charge on any atom is -0.870 e. The molecular weight excluding hydrogens is 569 g/mol. The molecule has 188 valence electrons. The molecular formula is C23H19Cu2N5O4S. The molecule has 0 fully saturated rings. The summed E-state index contributed by atoms with van der Waals surface area (Å²) in [6.07, 6.45) is 1.28. The van der Waals surface area contributed by atoms with Gasteiger partial charge < -0.3 is 25.1 Å². The van der Waals surface area contributed by atoms with Gasteiger partial charge in [0, 0.05) is 17.3 Å². The van der Waals surface area contributed by atoms with E-state index in [4.69, 9.17) is 17.0 Å². The van der Waals surface area contributed by atoms with Gasteiger partial charge in [-0.15, -0.1) is 5.11 Å². The maximum Gasteiger partial charge on any atom is 1.00 e. The molecule has 2 N–H and O–H groups in total. The first-order valence-electron chi connectivity index (χ1n) is 9.65. The second kappa shape index (κ2) is 14.2. The zero-order valence-electron chi connectivity index (χ0n) is 18.3. The summed E-state index contributed by atoms with van der Waals surface area (Å²) in [4.78, 5) is 11.2. The predicted molar refractivity (Wildman–Crippen MR) is 126 cm³/mol. The van der Waals surface area contributed by atoms with Gasteiger partial charge >= 0.3 is 34.1 Å². The van der Waals surface area contributed by atoms with E-state index >= 15 is 0 Å². The molecule has 0 aliphatic rings. The molecule has 0 saturated carbocycles. The third-order valence-electron chi connectivity index (χ3n) is 4.36. The van der Waals surface area contributed by atoms with Crippen molar-refractivity contribution in [1.29, 1.82) is 0 Å². The number of hydrogen-bond acceptors (Lipinski definition) is 8. The normalized spacial score (nSPS) is 10.3. The van der Waals surface area contributed by atoms with Crippen LogP contribution in [0.2, 0.25) is 0 Å². The zero-order chi connectivity index (χ0) is 23.8. The molecule has 0 aliphatic heterocycles. The molecule has 0 saturated heterocycles. The molecule has 3 rings (SSSR count). The van der Waals surface area contributed by atoms with Gasteiger partial charge in [-0.2, -0.15) is 10.2 Å². The number of hydrogen-bond donors (Lipinski definition) is 2. The Morgan fingerprint density at radius 1 is 1.06 bits per heavy atom. The number of aryl methyl sites for hydroxylation is 1. The second-order valence-corrected chi connectivity index (χ2v) is 7.17. The Bertz CT molecular complexity index is 1240. The van der Waals surface area contributed by atoms with E-state index in [9.17, 15) is 15.0 Å². The van der Waals surface area contributed by atoms with Crippen molar-refractivity contribution in [2.45, 2.75) is 6.92 Å². The minimum atomic E-state index is -1.37. The molecule has 0 bridgehead atoms. The van der Waals surface area contributed by atoms with Crippen LogP contribution in [0.3, 0.4) is 0 Å². The van der Waals surface area contributed by atoms with Crippen LogP contribution in [0.1, 0.15) is 21.5 Å². The fourth-order valence-electron chi connectivity index (χ4n) is 2.72. The third-order valence-corrected chi connectivity index (χ3v) is 4.56. The van der Waals surface area contributed by atoms with E-state index in [0.29, 0.717) is 0 Å². The van der Waals surface area contributed by atoms with Crippen molar-refractivity contribution in [2.75, 3.05) is 12.4 Å². The van der Waals surface area contributed by atoms with E-state index in [-0.39, 0.29) is 67.5 Å². The standard InChI is InChI=1S/C23H21N5O4S.2Cu/c1-14-7-9-16(10-8-14)25-23(33)28-24-13-15-11-17(12-20(32-2)21(15)29)26-27-19-6-4-3-5-18(19)22(30)31;;/h3-13,29H,1-2H3,(H,30,31)(H2,25,28,33);;/q;2*+1/p-2/b24-13+,27-26?;;. The Balaban J connectivity index is 0.00000306. The summed E-state index contributed by atoms with van der Waals surface area (Å²) < 4.78 is 5.12. The van der Waals surface area contributed by atoms with Crippen molar-refractivity contribution in [3.8, 4) is 11.5 Å². The molecule has 0 unspecified atom stereocenters. The van der Waals surface area contributed by atoms with E-state index in [1.54, 1.807) is 12.1 Å². The van der Waals surface area contributed by atoms with Gasteiger partial charge in [0.05, 0.1) is 30.7 Å². The van der Waals surface area contributed by atoms with Crippen LogP contribution < -0.4 is 25.7 Å². The van der Waals surface area contributed by atoms with Crippen LogP contribution in [-0.4, -0.2) is 24.4 Å². The van der Waals surface area contributed by atoms with E-state index < -0.39 is 11.7 Å². The molecule has 35 heavy (non-hydrogen) atoms. The number of hydrazone groups is 1. The number of carboxylic acids is 1. The van der Waals surface area contributed by atoms with Crippen molar-refractivity contribution >= 4 is 46.6 Å². The largest absolute Gasteiger partial charge is 1.00 e. The average molecular weight is 589 g/mol. The number of carbonyl (C=O) groups is 1. The quantitative estimate of drug-likeness (QED) is 0.142. The van der Waals surface area contributed by atoms with Gasteiger partial charge in [-0.25, -0.2) is 0 Å². The maximum atomic E-state index is 12.5. The Morgan fingerprint density at radius 2 is 1.74 bits per heavy atom. The van der Waals surface area contributed by atoms with Crippen molar-refractivity contribution < 1.29 is 53.9 Å². The first-order chi connectivity index (χ1) is 15.9. The van der Waals surface area contributed by atoms with Crippen LogP contribution in [-0.2, 0) is 34.1 Å². The van der Waals surface area contributed by atoms with Gasteiger partial charge in [-0.05, 0) is 49.0 Å². The van der Waals surface area contributed by atoms with Gasteiger partial charge in [0.2, 0.25) is 0 Å². The zero-order valence-corrected chi connectivity index (χ0v) is 21.0. The fraction of sp³-hybridized carbons (Fsp3) is 0.0870. The Hall–Kier alpha value is -3.27. The van der Waals surface area contributed by atoms with Gasteiger partial charge in [0.25, 0.3) is 0 Å². The van der Waals surface area contributed by atoms with Crippen molar-refractivity contribution in [3.63, 3.8) is 0 Å². The molecule has 0 amide bonds. The van der Waals surface area contributed by atoms with Crippen LogP contribution >= 0.6 is 12.2 Å². The van der Waals surface area contributed by atoms with E-state index in [1.165, 1.54) is 37.6 Å². The second-order valence-electron chi connectivity index (χ2n) is 6.76. The summed E-state index contributed by atoms with van der Waals surface area (Å²) in [5.74, 6) is -1.75. The molecule has 12 heteroatoms. The van der Waals surface area contributed by atoms with Gasteiger partial charge in [-0.1, -0.05) is 41.6 Å². The summed E-state index contributed by atoms with van der Waals surface area (Å²) in [5.41, 5.74) is 5.00. The van der Waals surface area contributed by atoms with E-state index in [2.05, 4.69) is 26.1 Å².